The van der Waals surface area contributed by atoms with Crippen LogP contribution in [0.25, 0.3) is 0 Å². The van der Waals surface area contributed by atoms with E-state index in [0.717, 1.165) is 37.6 Å². The molecule has 1 atom stereocenters. The third-order valence-corrected chi connectivity index (χ3v) is 5.27. The molecule has 0 amide bonds. The first-order valence-electron chi connectivity index (χ1n) is 9.94. The first-order chi connectivity index (χ1) is 14.7. The van der Waals surface area contributed by atoms with Crippen LogP contribution in [0.5, 0.6) is 17.2 Å². The number of benzene rings is 2. The Morgan fingerprint density at radius 2 is 1.63 bits per heavy atom. The van der Waals surface area contributed by atoms with Crippen LogP contribution in [0.4, 0.5) is 11.4 Å². The molecule has 0 bridgehead atoms. The van der Waals surface area contributed by atoms with Gasteiger partial charge in [-0.25, -0.2) is 0 Å². The van der Waals surface area contributed by atoms with Gasteiger partial charge < -0.3 is 29.2 Å². The van der Waals surface area contributed by atoms with Gasteiger partial charge in [0, 0.05) is 36.7 Å². The molecular formula is C22H28N4O4. The second-order valence-electron chi connectivity index (χ2n) is 7.01. The number of methoxy groups -OCH3 is 3. The first kappa shape index (κ1) is 20.0. The van der Waals surface area contributed by atoms with Crippen LogP contribution in [0.3, 0.4) is 0 Å². The second kappa shape index (κ2) is 9.04. The molecule has 2 N–H and O–H groups in total. The van der Waals surface area contributed by atoms with Crippen molar-refractivity contribution >= 4 is 11.4 Å². The van der Waals surface area contributed by atoms with Gasteiger partial charge in [0.2, 0.25) is 5.75 Å². The molecule has 160 valence electrons. The van der Waals surface area contributed by atoms with Crippen LogP contribution in [0.2, 0.25) is 0 Å². The quantitative estimate of drug-likeness (QED) is 0.720. The number of morpholine rings is 1. The summed E-state index contributed by atoms with van der Waals surface area (Å²) in [5.74, 6) is 1.82. The molecule has 0 saturated carbocycles. The lowest BCUT2D eigenvalue weighted by atomic mass is 10.1. The summed E-state index contributed by atoms with van der Waals surface area (Å²) in [6.07, 6.45) is 3.74. The lowest BCUT2D eigenvalue weighted by Gasteiger charge is -2.30. The number of hydrogen-bond donors (Lipinski definition) is 2. The van der Waals surface area contributed by atoms with Gasteiger partial charge in [0.05, 0.1) is 40.2 Å². The third-order valence-electron chi connectivity index (χ3n) is 5.27. The highest BCUT2D eigenvalue weighted by atomic mass is 16.5. The maximum atomic E-state index is 5.50. The molecular weight excluding hydrogens is 384 g/mol. The van der Waals surface area contributed by atoms with E-state index in [1.54, 1.807) is 21.3 Å². The van der Waals surface area contributed by atoms with Crippen molar-refractivity contribution in [2.75, 3.05) is 58.0 Å². The Bertz CT molecular complexity index is 856. The molecule has 4 rings (SSSR count). The van der Waals surface area contributed by atoms with E-state index in [1.165, 1.54) is 5.69 Å². The minimum Gasteiger partial charge on any atom is -0.493 e. The van der Waals surface area contributed by atoms with Gasteiger partial charge >= 0.3 is 0 Å². The van der Waals surface area contributed by atoms with Crippen molar-refractivity contribution in [3.05, 3.63) is 54.4 Å². The summed E-state index contributed by atoms with van der Waals surface area (Å²) in [5.41, 5.74) is 6.64. The molecule has 8 heteroatoms. The summed E-state index contributed by atoms with van der Waals surface area (Å²) < 4.78 is 21.9. The van der Waals surface area contributed by atoms with E-state index in [1.807, 2.05) is 29.5 Å². The topological polar surface area (TPSA) is 67.5 Å². The predicted octanol–water partition coefficient (Wildman–Crippen LogP) is 2.95. The third kappa shape index (κ3) is 4.04. The van der Waals surface area contributed by atoms with Gasteiger partial charge in [-0.1, -0.05) is 0 Å². The Balaban J connectivity index is 1.50. The summed E-state index contributed by atoms with van der Waals surface area (Å²) >= 11 is 0. The van der Waals surface area contributed by atoms with Crippen molar-refractivity contribution in [3.8, 4) is 17.2 Å². The Morgan fingerprint density at radius 3 is 2.23 bits per heavy atom. The van der Waals surface area contributed by atoms with Crippen molar-refractivity contribution in [2.24, 2.45) is 0 Å². The van der Waals surface area contributed by atoms with Crippen molar-refractivity contribution in [1.82, 2.24) is 10.3 Å². The highest BCUT2D eigenvalue weighted by Crippen LogP contribution is 2.40. The van der Waals surface area contributed by atoms with Crippen LogP contribution >= 0.6 is 0 Å². The van der Waals surface area contributed by atoms with Gasteiger partial charge in [-0.2, -0.15) is 0 Å². The smallest absolute Gasteiger partial charge is 0.203 e. The molecule has 2 aliphatic heterocycles. The normalized spacial score (nSPS) is 18.2. The van der Waals surface area contributed by atoms with Gasteiger partial charge in [0.15, 0.2) is 11.5 Å². The second-order valence-corrected chi connectivity index (χ2v) is 7.01. The molecule has 1 fully saturated rings. The van der Waals surface area contributed by atoms with Crippen molar-refractivity contribution in [2.45, 2.75) is 6.17 Å². The van der Waals surface area contributed by atoms with Gasteiger partial charge in [0.25, 0.3) is 0 Å². The van der Waals surface area contributed by atoms with E-state index in [2.05, 4.69) is 39.9 Å². The summed E-state index contributed by atoms with van der Waals surface area (Å²) in [6.45, 7) is 3.41. The van der Waals surface area contributed by atoms with Gasteiger partial charge in [0.1, 0.15) is 6.17 Å². The van der Waals surface area contributed by atoms with Gasteiger partial charge in [-0.3, -0.25) is 10.4 Å². The average Bonchev–Trinajstić information content (AvgIpc) is 3.27. The average molecular weight is 412 g/mol. The zero-order valence-corrected chi connectivity index (χ0v) is 17.6. The number of rotatable bonds is 7. The molecule has 0 radical (unpaired) electrons. The van der Waals surface area contributed by atoms with E-state index in [0.29, 0.717) is 17.2 Å². The molecule has 0 aliphatic carbocycles. The monoisotopic (exact) mass is 412 g/mol. The number of nitrogens with one attached hydrogen (secondary N) is 2. The molecule has 1 unspecified atom stereocenters. The largest absolute Gasteiger partial charge is 0.493 e. The lowest BCUT2D eigenvalue weighted by Crippen LogP contribution is -2.36. The molecule has 1 saturated heterocycles. The predicted molar refractivity (Wildman–Crippen MR) is 116 cm³/mol. The highest BCUT2D eigenvalue weighted by Gasteiger charge is 2.24. The fourth-order valence-corrected chi connectivity index (χ4v) is 3.72. The SMILES string of the molecule is COc1cc(C2NC=CN2Nc2ccc(N3CCOCC3)cc2)cc(OC)c1OC. The van der Waals surface area contributed by atoms with E-state index in [9.17, 15) is 0 Å². The van der Waals surface area contributed by atoms with E-state index in [4.69, 9.17) is 18.9 Å². The van der Waals surface area contributed by atoms with Crippen molar-refractivity contribution in [1.29, 1.82) is 0 Å². The van der Waals surface area contributed by atoms with E-state index < -0.39 is 0 Å². The van der Waals surface area contributed by atoms with Crippen LogP contribution in [0, 0.1) is 0 Å². The Labute approximate surface area is 176 Å². The lowest BCUT2D eigenvalue weighted by molar-refractivity contribution is 0.122. The number of nitrogens with zero attached hydrogens (tertiary/aromatic N) is 2. The molecule has 30 heavy (non-hydrogen) atoms. The zero-order chi connectivity index (χ0) is 20.9. The van der Waals surface area contributed by atoms with E-state index >= 15 is 0 Å². The highest BCUT2D eigenvalue weighted by molar-refractivity contribution is 5.56. The van der Waals surface area contributed by atoms with Crippen LogP contribution in [0.15, 0.2) is 48.8 Å². The summed E-state index contributed by atoms with van der Waals surface area (Å²) in [7, 11) is 4.84. The molecule has 8 nitrogen and oxygen atoms in total. The van der Waals surface area contributed by atoms with Gasteiger partial charge in [-0.15, -0.1) is 0 Å². The minimum absolute atomic E-state index is 0.127. The Kier molecular flexibility index (Phi) is 6.04. The Hall–Kier alpha value is -3.26. The fourth-order valence-electron chi connectivity index (χ4n) is 3.72. The van der Waals surface area contributed by atoms with Crippen molar-refractivity contribution < 1.29 is 18.9 Å². The molecule has 2 aromatic carbocycles. The summed E-state index contributed by atoms with van der Waals surface area (Å²) in [5, 5.41) is 5.36. The standard InChI is InChI=1S/C22H28N4O4/c1-27-19-14-16(15-20(28-2)21(19)29-3)22-23-8-9-26(22)24-17-4-6-18(7-5-17)25-10-12-30-13-11-25/h4-9,14-15,22-24H,10-13H2,1-3H3. The molecule has 2 aromatic rings. The van der Waals surface area contributed by atoms with E-state index in [-0.39, 0.29) is 6.17 Å². The maximum absolute atomic E-state index is 5.50. The van der Waals surface area contributed by atoms with Crippen LogP contribution in [0.1, 0.15) is 11.7 Å². The number of hydrazine groups is 1. The number of anilines is 2. The zero-order valence-electron chi connectivity index (χ0n) is 17.6. The summed E-state index contributed by atoms with van der Waals surface area (Å²) in [4.78, 5) is 2.34. The van der Waals surface area contributed by atoms with Crippen molar-refractivity contribution in [3.63, 3.8) is 0 Å². The molecule has 2 heterocycles. The maximum Gasteiger partial charge on any atom is 0.203 e. The fraction of sp³-hybridized carbons (Fsp3) is 0.364. The molecule has 2 aliphatic rings. The van der Waals surface area contributed by atoms with Gasteiger partial charge in [-0.05, 0) is 36.4 Å². The van der Waals surface area contributed by atoms with Crippen LogP contribution in [-0.4, -0.2) is 52.6 Å². The minimum atomic E-state index is -0.127. The Morgan fingerprint density at radius 1 is 0.967 bits per heavy atom. The van der Waals surface area contributed by atoms with Crippen LogP contribution < -0.4 is 29.9 Å². The number of ether oxygens (including phenoxy) is 4. The summed E-state index contributed by atoms with van der Waals surface area (Å²) in [6, 6.07) is 12.3. The number of hydrogen-bond acceptors (Lipinski definition) is 8. The first-order valence-corrected chi connectivity index (χ1v) is 9.94. The van der Waals surface area contributed by atoms with Crippen LogP contribution in [-0.2, 0) is 4.74 Å². The molecule has 0 spiro atoms. The molecule has 0 aromatic heterocycles.